The van der Waals surface area contributed by atoms with Crippen LogP contribution in [0.3, 0.4) is 0 Å². The van der Waals surface area contributed by atoms with Crippen LogP contribution in [0, 0.1) is 0 Å². The normalized spacial score (nSPS) is 28.6. The van der Waals surface area contributed by atoms with E-state index in [4.69, 9.17) is 11.6 Å². The lowest BCUT2D eigenvalue weighted by Gasteiger charge is -2.40. The average Bonchev–Trinajstić information content (AvgIpc) is 2.62. The maximum absolute atomic E-state index is 11.0. The van der Waals surface area contributed by atoms with Gasteiger partial charge in [-0.15, -0.1) is 0 Å². The Morgan fingerprint density at radius 1 is 1.24 bits per heavy atom. The molecular weight excluding hydrogens is 248 g/mol. The maximum atomic E-state index is 11.0. The van der Waals surface area contributed by atoms with Gasteiger partial charge in [-0.25, -0.2) is 0 Å². The van der Waals surface area contributed by atoms with Crippen molar-refractivity contribution in [2.75, 3.05) is 0 Å². The predicted octanol–water partition coefficient (Wildman–Crippen LogP) is 3.99. The molecule has 1 nitrogen and oxygen atoms in total. The molecule has 0 spiro atoms. The predicted molar refractivity (Wildman–Crippen MR) is 76.2 cm³/mol. The SMILES string of the molecule is C[Si](C)(C)[C@@]1(O)C=CC[C@H]1c1ccc(Cl)cc1. The minimum atomic E-state index is -1.67. The van der Waals surface area contributed by atoms with Gasteiger partial charge >= 0.3 is 0 Å². The summed E-state index contributed by atoms with van der Waals surface area (Å²) in [6, 6.07) is 7.87. The smallest absolute Gasteiger partial charge is 0.0878 e. The Hall–Kier alpha value is -0.573. The first-order valence-electron chi connectivity index (χ1n) is 6.00. The van der Waals surface area contributed by atoms with Gasteiger partial charge < -0.3 is 5.11 Å². The zero-order valence-corrected chi connectivity index (χ0v) is 12.3. The van der Waals surface area contributed by atoms with Gasteiger partial charge in [0.1, 0.15) is 0 Å². The molecular formula is C14H19ClOSi. The highest BCUT2D eigenvalue weighted by Crippen LogP contribution is 2.43. The lowest BCUT2D eigenvalue weighted by Crippen LogP contribution is -2.53. The third kappa shape index (κ3) is 2.22. The summed E-state index contributed by atoms with van der Waals surface area (Å²) in [6.45, 7) is 6.64. The third-order valence-corrected chi connectivity index (χ3v) is 6.92. The molecule has 1 N–H and O–H groups in total. The fourth-order valence-electron chi connectivity index (χ4n) is 2.54. The molecule has 0 aliphatic heterocycles. The Kier molecular flexibility index (Phi) is 3.23. The van der Waals surface area contributed by atoms with E-state index in [-0.39, 0.29) is 5.92 Å². The molecule has 0 aromatic heterocycles. The van der Waals surface area contributed by atoms with Crippen molar-refractivity contribution in [2.45, 2.75) is 37.2 Å². The van der Waals surface area contributed by atoms with E-state index in [0.29, 0.717) is 0 Å². The van der Waals surface area contributed by atoms with Gasteiger partial charge in [-0.05, 0) is 24.1 Å². The van der Waals surface area contributed by atoms with Crippen LogP contribution in [0.25, 0.3) is 0 Å². The molecule has 0 amide bonds. The highest BCUT2D eigenvalue weighted by Gasteiger charge is 2.48. The van der Waals surface area contributed by atoms with Gasteiger partial charge in [0.25, 0.3) is 0 Å². The summed E-state index contributed by atoms with van der Waals surface area (Å²) in [7, 11) is -1.67. The Balaban J connectivity index is 2.37. The molecule has 3 heteroatoms. The number of halogens is 1. The van der Waals surface area contributed by atoms with Crippen molar-refractivity contribution in [3.8, 4) is 0 Å². The van der Waals surface area contributed by atoms with Crippen LogP contribution in [0.4, 0.5) is 0 Å². The summed E-state index contributed by atoms with van der Waals surface area (Å²) in [5.74, 6) is 0.187. The second-order valence-corrected chi connectivity index (χ2v) is 11.6. The van der Waals surface area contributed by atoms with Crippen LogP contribution >= 0.6 is 11.6 Å². The van der Waals surface area contributed by atoms with Crippen LogP contribution in [0.15, 0.2) is 36.4 Å². The van der Waals surface area contributed by atoms with Crippen LogP contribution < -0.4 is 0 Å². The highest BCUT2D eigenvalue weighted by molar-refractivity contribution is 6.79. The van der Waals surface area contributed by atoms with Gasteiger partial charge in [0.05, 0.1) is 13.3 Å². The summed E-state index contributed by atoms with van der Waals surface area (Å²) in [4.78, 5) is 0. The van der Waals surface area contributed by atoms with E-state index in [1.165, 1.54) is 5.56 Å². The second kappa shape index (κ2) is 4.27. The van der Waals surface area contributed by atoms with Gasteiger partial charge in [0, 0.05) is 10.9 Å². The van der Waals surface area contributed by atoms with E-state index in [1.54, 1.807) is 0 Å². The summed E-state index contributed by atoms with van der Waals surface area (Å²) >= 11 is 5.91. The molecule has 17 heavy (non-hydrogen) atoms. The average molecular weight is 267 g/mol. The minimum Gasteiger partial charge on any atom is -0.389 e. The zero-order chi connectivity index (χ0) is 12.7. The van der Waals surface area contributed by atoms with E-state index in [1.807, 2.05) is 30.3 Å². The van der Waals surface area contributed by atoms with Crippen LogP contribution in [0.2, 0.25) is 24.7 Å². The Labute approximate surface area is 109 Å². The third-order valence-electron chi connectivity index (χ3n) is 3.75. The summed E-state index contributed by atoms with van der Waals surface area (Å²) in [5.41, 5.74) is 1.18. The van der Waals surface area contributed by atoms with Gasteiger partial charge in [0.2, 0.25) is 0 Å². The van der Waals surface area contributed by atoms with E-state index in [2.05, 4.69) is 25.7 Å². The second-order valence-electron chi connectivity index (χ2n) is 5.82. The molecule has 92 valence electrons. The summed E-state index contributed by atoms with van der Waals surface area (Å²) in [5, 5.41) is 11.1. The number of allylic oxidation sites excluding steroid dienone is 1. The number of rotatable bonds is 2. The molecule has 0 saturated carbocycles. The van der Waals surface area contributed by atoms with Crippen molar-refractivity contribution < 1.29 is 5.11 Å². The van der Waals surface area contributed by atoms with Crippen LogP contribution in [0.1, 0.15) is 17.9 Å². The van der Waals surface area contributed by atoms with Crippen molar-refractivity contribution >= 4 is 19.7 Å². The first-order chi connectivity index (χ1) is 7.84. The number of aliphatic hydroxyl groups is 1. The molecule has 0 saturated heterocycles. The van der Waals surface area contributed by atoms with Crippen LogP contribution in [-0.2, 0) is 0 Å². The van der Waals surface area contributed by atoms with E-state index >= 15 is 0 Å². The molecule has 2 rings (SSSR count). The van der Waals surface area contributed by atoms with Gasteiger partial charge in [-0.1, -0.05) is 55.5 Å². The van der Waals surface area contributed by atoms with Crippen molar-refractivity contribution in [2.24, 2.45) is 0 Å². The molecule has 0 bridgehead atoms. The van der Waals surface area contributed by atoms with Gasteiger partial charge in [-0.2, -0.15) is 0 Å². The molecule has 1 aliphatic rings. The maximum Gasteiger partial charge on any atom is 0.0878 e. The number of hydrogen-bond acceptors (Lipinski definition) is 1. The molecule has 0 radical (unpaired) electrons. The van der Waals surface area contributed by atoms with Crippen molar-refractivity contribution in [1.82, 2.24) is 0 Å². The fraction of sp³-hybridized carbons (Fsp3) is 0.429. The Bertz CT molecular complexity index is 433. The molecule has 1 aromatic rings. The van der Waals surface area contributed by atoms with E-state index in [9.17, 15) is 5.11 Å². The summed E-state index contributed by atoms with van der Waals surface area (Å²) < 4.78 is 0. The first kappa shape index (κ1) is 12.9. The van der Waals surface area contributed by atoms with E-state index < -0.39 is 13.3 Å². The monoisotopic (exact) mass is 266 g/mol. The molecule has 0 unspecified atom stereocenters. The topological polar surface area (TPSA) is 20.2 Å². The lowest BCUT2D eigenvalue weighted by molar-refractivity contribution is 0.143. The van der Waals surface area contributed by atoms with Crippen molar-refractivity contribution in [3.63, 3.8) is 0 Å². The number of hydrogen-bond donors (Lipinski definition) is 1. The number of benzene rings is 1. The fourth-order valence-corrected chi connectivity index (χ4v) is 4.61. The Morgan fingerprint density at radius 2 is 1.82 bits per heavy atom. The van der Waals surface area contributed by atoms with Gasteiger partial charge in [-0.3, -0.25) is 0 Å². The quantitative estimate of drug-likeness (QED) is 0.634. The molecule has 2 atom stereocenters. The molecule has 1 aliphatic carbocycles. The molecule has 0 heterocycles. The molecule has 1 aromatic carbocycles. The zero-order valence-electron chi connectivity index (χ0n) is 10.6. The van der Waals surface area contributed by atoms with Gasteiger partial charge in [0.15, 0.2) is 0 Å². The molecule has 0 fully saturated rings. The summed E-state index contributed by atoms with van der Waals surface area (Å²) in [6.07, 6.45) is 5.04. The van der Waals surface area contributed by atoms with Crippen LogP contribution in [-0.4, -0.2) is 18.4 Å². The largest absolute Gasteiger partial charge is 0.389 e. The first-order valence-corrected chi connectivity index (χ1v) is 9.88. The van der Waals surface area contributed by atoms with Crippen LogP contribution in [0.5, 0.6) is 0 Å². The minimum absolute atomic E-state index is 0.187. The van der Waals surface area contributed by atoms with Crippen molar-refractivity contribution in [1.29, 1.82) is 0 Å². The van der Waals surface area contributed by atoms with Crippen molar-refractivity contribution in [3.05, 3.63) is 47.0 Å². The van der Waals surface area contributed by atoms with E-state index in [0.717, 1.165) is 11.4 Å². The highest BCUT2D eigenvalue weighted by atomic mass is 35.5. The lowest BCUT2D eigenvalue weighted by atomic mass is 9.94. The standard InChI is InChI=1S/C14H19ClOSi/c1-17(2,3)14(16)10-4-5-13(14)11-6-8-12(15)9-7-11/h4,6-10,13,16H,5H2,1-3H3/t13-,14-/m0/s1. The Morgan fingerprint density at radius 3 is 2.35 bits per heavy atom.